The van der Waals surface area contributed by atoms with Gasteiger partial charge in [0.2, 0.25) is 59.1 Å². The second-order valence-corrected chi connectivity index (χ2v) is 28.5. The molecule has 1 heterocycles. The fourth-order valence-corrected chi connectivity index (χ4v) is 11.6. The number of rotatable bonds is 21. The van der Waals surface area contributed by atoms with Crippen LogP contribution in [0.5, 0.6) is 0 Å². The molecule has 1 rings (SSSR count). The predicted octanol–water partition coefficient (Wildman–Crippen LogP) is 3.55. The molecule has 93 heavy (non-hydrogen) atoms. The van der Waals surface area contributed by atoms with Gasteiger partial charge in [0.15, 0.2) is 5.66 Å². The first-order valence-electron chi connectivity index (χ1n) is 33.4. The zero-order valence-electron chi connectivity index (χ0n) is 61.5. The van der Waals surface area contributed by atoms with Crippen molar-refractivity contribution in [3.8, 4) is 0 Å². The first kappa shape index (κ1) is 84.8. The minimum atomic E-state index is -2.31. The predicted molar refractivity (Wildman–Crippen MR) is 359 cm³/mol. The van der Waals surface area contributed by atoms with Crippen molar-refractivity contribution in [2.45, 2.75) is 229 Å². The van der Waals surface area contributed by atoms with E-state index in [0.717, 1.165) is 9.80 Å². The summed E-state index contributed by atoms with van der Waals surface area (Å²) in [5.74, 6) is -10.2. The molecule has 0 spiro atoms. The van der Waals surface area contributed by atoms with E-state index in [1.807, 2.05) is 100 Å². The van der Waals surface area contributed by atoms with Crippen molar-refractivity contribution in [1.82, 2.24) is 65.9 Å². The summed E-state index contributed by atoms with van der Waals surface area (Å²) in [6, 6.07) is -12.6. The lowest BCUT2D eigenvalue weighted by Crippen LogP contribution is -2.71. The van der Waals surface area contributed by atoms with Crippen molar-refractivity contribution in [2.24, 2.45) is 41.4 Å². The molecule has 1 aliphatic rings. The van der Waals surface area contributed by atoms with Gasteiger partial charge in [0.25, 0.3) is 5.91 Å². The summed E-state index contributed by atoms with van der Waals surface area (Å²) in [6.07, 6.45) is 4.31. The molecule has 0 unspecified atom stereocenters. The molecule has 6 N–H and O–H groups in total. The quantitative estimate of drug-likeness (QED) is 0.0544. The number of carbonyl (C=O) groups excluding carboxylic acids is 11. The molecule has 1 saturated heterocycles. The molecular weight excluding hydrogens is 1190 g/mol. The molecule has 1 fully saturated rings. The van der Waals surface area contributed by atoms with Crippen LogP contribution in [0.2, 0.25) is 0 Å². The van der Waals surface area contributed by atoms with E-state index in [2.05, 4.69) is 26.7 Å². The number of amides is 11. The smallest absolute Gasteiger partial charge is 0.263 e. The summed E-state index contributed by atoms with van der Waals surface area (Å²) in [6.45, 7) is 30.2. The lowest BCUT2D eigenvalue weighted by atomic mass is 9.89. The Labute approximate surface area is 557 Å². The number of allylic oxidation sites excluding steroid dienone is 2. The van der Waals surface area contributed by atoms with E-state index in [0.29, 0.717) is 13.0 Å². The van der Waals surface area contributed by atoms with E-state index < -0.39 is 149 Å². The van der Waals surface area contributed by atoms with Crippen molar-refractivity contribution in [2.75, 3.05) is 83.2 Å². The van der Waals surface area contributed by atoms with Crippen LogP contribution in [-0.4, -0.2) is 259 Å². The SMILES string of the molecule is C/C=C/C[C@@H](C)C[C@@]1(NO)C(=O)N[C@@H](CC)C(=O)N(C)[C@H](COCCN(C)C)C(=O)N(C)[C@@H](CC(C)C)C(=O)N[C@H](C(C)C)C(=O)N(C)[C@H](CC(C)C)C(=O)N[C@H](C)C(=O)N[C@@H](C)C(=O)N(C)[C@@H](CC(C)C)C(=O)N(C)[C@@H](CC(C)C)C(=O)N(C)[C@@H](C(C)C)C(=O)N1C. The molecule has 12 atom stereocenters. The van der Waals surface area contributed by atoms with Gasteiger partial charge in [0.1, 0.15) is 60.4 Å². The third kappa shape index (κ3) is 23.9. The van der Waals surface area contributed by atoms with Crippen LogP contribution in [0.15, 0.2) is 12.2 Å². The molecule has 11 amide bonds. The number of ether oxygens (including phenoxy) is 1. The second kappa shape index (κ2) is 38.9. The molecule has 534 valence electrons. The minimum Gasteiger partial charge on any atom is -0.377 e. The molecule has 0 aromatic heterocycles. The van der Waals surface area contributed by atoms with Crippen molar-refractivity contribution in [3.05, 3.63) is 12.2 Å². The summed E-state index contributed by atoms with van der Waals surface area (Å²) in [4.78, 5) is 174. The van der Waals surface area contributed by atoms with Crippen LogP contribution >= 0.6 is 0 Å². The van der Waals surface area contributed by atoms with Crippen LogP contribution < -0.4 is 26.7 Å². The van der Waals surface area contributed by atoms with Crippen LogP contribution in [0.4, 0.5) is 0 Å². The summed E-state index contributed by atoms with van der Waals surface area (Å²) in [7, 11) is 13.5. The van der Waals surface area contributed by atoms with Crippen molar-refractivity contribution in [1.29, 1.82) is 0 Å². The average Bonchev–Trinajstić information content (AvgIpc) is 0.789. The van der Waals surface area contributed by atoms with E-state index in [-0.39, 0.29) is 75.4 Å². The molecular formula is C67H123N13O13. The highest BCUT2D eigenvalue weighted by Gasteiger charge is 2.51. The van der Waals surface area contributed by atoms with Gasteiger partial charge in [-0.05, 0) is 121 Å². The van der Waals surface area contributed by atoms with Gasteiger partial charge in [-0.3, -0.25) is 52.7 Å². The largest absolute Gasteiger partial charge is 0.377 e. The van der Waals surface area contributed by atoms with E-state index in [1.165, 1.54) is 87.7 Å². The summed E-state index contributed by atoms with van der Waals surface area (Å²) >= 11 is 0. The van der Waals surface area contributed by atoms with Gasteiger partial charge in [0, 0.05) is 55.9 Å². The van der Waals surface area contributed by atoms with Crippen LogP contribution in [0.1, 0.15) is 163 Å². The summed E-state index contributed by atoms with van der Waals surface area (Å²) in [5.41, 5.74) is -0.140. The Balaban J connectivity index is 4.59. The number of carbonyl (C=O) groups is 11. The molecule has 0 saturated carbocycles. The summed E-state index contributed by atoms with van der Waals surface area (Å²) < 4.78 is 6.09. The molecule has 0 aromatic carbocycles. The Hall–Kier alpha value is -6.25. The van der Waals surface area contributed by atoms with Crippen LogP contribution in [-0.2, 0) is 57.5 Å². The fraction of sp³-hybridized carbons (Fsp3) is 0.806. The Kier molecular flexibility index (Phi) is 35.5. The Morgan fingerprint density at radius 2 is 0.946 bits per heavy atom. The highest BCUT2D eigenvalue weighted by Crippen LogP contribution is 2.29. The highest BCUT2D eigenvalue weighted by molar-refractivity contribution is 6.00. The molecule has 1 aliphatic heterocycles. The summed E-state index contributed by atoms with van der Waals surface area (Å²) in [5, 5.41) is 22.6. The first-order valence-corrected chi connectivity index (χ1v) is 33.4. The minimum absolute atomic E-state index is 0.0536. The van der Waals surface area contributed by atoms with E-state index in [4.69, 9.17) is 4.74 Å². The Morgan fingerprint density at radius 1 is 0.527 bits per heavy atom. The third-order valence-electron chi connectivity index (χ3n) is 17.5. The van der Waals surface area contributed by atoms with Crippen LogP contribution in [0.25, 0.3) is 0 Å². The molecule has 0 aliphatic carbocycles. The normalized spacial score (nSPS) is 26.9. The lowest BCUT2D eigenvalue weighted by Gasteiger charge is -2.45. The van der Waals surface area contributed by atoms with Gasteiger partial charge >= 0.3 is 0 Å². The van der Waals surface area contributed by atoms with E-state index in [1.54, 1.807) is 34.6 Å². The van der Waals surface area contributed by atoms with Crippen LogP contribution in [0, 0.1) is 41.4 Å². The van der Waals surface area contributed by atoms with E-state index in [9.17, 15) is 29.2 Å². The highest BCUT2D eigenvalue weighted by atomic mass is 16.5. The van der Waals surface area contributed by atoms with Crippen molar-refractivity contribution >= 4 is 65.0 Å². The fourth-order valence-electron chi connectivity index (χ4n) is 11.6. The van der Waals surface area contributed by atoms with Gasteiger partial charge in [0.05, 0.1) is 13.2 Å². The molecule has 26 heteroatoms. The maximum atomic E-state index is 15.5. The van der Waals surface area contributed by atoms with Crippen LogP contribution in [0.3, 0.4) is 0 Å². The van der Waals surface area contributed by atoms with E-state index >= 15 is 28.8 Å². The van der Waals surface area contributed by atoms with Gasteiger partial charge < -0.3 is 70.4 Å². The molecule has 0 radical (unpaired) electrons. The monoisotopic (exact) mass is 1320 g/mol. The molecule has 26 nitrogen and oxygen atoms in total. The zero-order valence-corrected chi connectivity index (χ0v) is 61.5. The topological polar surface area (TPSA) is 303 Å². The standard InChI is InChI=1S/C67H123N13O13/c1-27-29-30-45(15)37-67(72-92)66(91)70-48(28-2)60(85)78(24)53(38-93-32-31-73(18)19)63(88)74(20)50(34-40(5)6)58(83)71-54(43(11)12)64(89)75(21)49(33-39(3)4)57(82)68-46(16)56(81)69-47(17)59(84)76(22)51(35-41(7)8)61(86)77(23)52(36-42(9)10)62(87)79(25)55(44(13)14)65(90)80(67)26/h27,29,39-55,72,92H,28,30-38H2,1-26H3,(H,68,82)(H,69,81)(H,70,91)(H,71,83)/b29-27+/t45-,46-,47+,48+,49-,50+,51+,52+,53-,54-,55+,67+/m1/s1. The second-order valence-electron chi connectivity index (χ2n) is 28.5. The first-order chi connectivity index (χ1) is 43.0. The zero-order chi connectivity index (χ0) is 72.0. The number of hydrogen-bond donors (Lipinski definition) is 6. The maximum absolute atomic E-state index is 15.5. The van der Waals surface area contributed by atoms with Gasteiger partial charge in [-0.25, -0.2) is 0 Å². The number of nitrogens with zero attached hydrogens (tertiary/aromatic N) is 8. The molecule has 0 aromatic rings. The average molecular weight is 1320 g/mol. The van der Waals surface area contributed by atoms with Gasteiger partial charge in [-0.2, -0.15) is 5.48 Å². The maximum Gasteiger partial charge on any atom is 0.263 e. The lowest BCUT2D eigenvalue weighted by molar-refractivity contribution is -0.167. The number of hydroxylamine groups is 1. The number of nitrogens with one attached hydrogen (secondary N) is 5. The molecule has 0 bridgehead atoms. The Bertz CT molecular complexity index is 2530. The van der Waals surface area contributed by atoms with Crippen molar-refractivity contribution < 1.29 is 62.7 Å². The van der Waals surface area contributed by atoms with Crippen molar-refractivity contribution in [3.63, 3.8) is 0 Å². The number of likely N-dealkylation sites (N-methyl/N-ethyl adjacent to an activating group) is 8. The third-order valence-corrected chi connectivity index (χ3v) is 17.5. The van der Waals surface area contributed by atoms with Gasteiger partial charge in [-0.1, -0.05) is 109 Å². The number of hydrogen-bond acceptors (Lipinski definition) is 15. The van der Waals surface area contributed by atoms with Gasteiger partial charge in [-0.15, -0.1) is 0 Å². The Morgan fingerprint density at radius 3 is 1.39 bits per heavy atom.